The maximum absolute atomic E-state index is 6.96. The monoisotopic (exact) mass is 727 g/mol. The smallest absolute Gasteiger partial charge is 0.0639 e. The summed E-state index contributed by atoms with van der Waals surface area (Å²) >= 11 is 11.1. The molecule has 9 fully saturated rings. The topological polar surface area (TPSA) is 96.2 Å². The van der Waals surface area contributed by atoms with Crippen LogP contribution < -0.4 is 42.5 Å². The molecule has 4 saturated carbocycles. The summed E-state index contributed by atoms with van der Waals surface area (Å²) < 4.78 is 0. The maximum atomic E-state index is 6.96. The average Bonchev–Trinajstić information content (AvgIpc) is 3.74. The molecule has 8 nitrogen and oxygen atoms in total. The zero-order valence-electron chi connectivity index (χ0n) is 25.3. The first-order valence-electron chi connectivity index (χ1n) is 18.0. The number of rotatable bonds is 0. The molecular formula is C32H54BrClCuN8. The zero-order valence-corrected chi connectivity index (χ0v) is 28.6. The Kier molecular flexibility index (Phi) is 9.28. The molecular weight excluding hydrogens is 675 g/mol. The third kappa shape index (κ3) is 5.46. The van der Waals surface area contributed by atoms with Crippen LogP contribution in [0.15, 0.2) is 0 Å². The van der Waals surface area contributed by atoms with Crippen LogP contribution in [0.4, 0.5) is 0 Å². The molecule has 0 spiro atoms. The number of alkyl halides is 2. The van der Waals surface area contributed by atoms with Gasteiger partial charge in [-0.25, -0.2) is 0 Å². The van der Waals surface area contributed by atoms with Gasteiger partial charge < -0.3 is 0 Å². The normalized spacial score (nSPS) is 57.6. The van der Waals surface area contributed by atoms with Crippen LogP contribution >= 0.6 is 27.5 Å². The maximum Gasteiger partial charge on any atom is 0.0639 e. The molecule has 18 atom stereocenters. The molecule has 9 aliphatic rings. The van der Waals surface area contributed by atoms with Gasteiger partial charge in [0.15, 0.2) is 0 Å². The Morgan fingerprint density at radius 2 is 0.651 bits per heavy atom. The van der Waals surface area contributed by atoms with Crippen LogP contribution in [-0.2, 0) is 17.1 Å². The SMILES string of the molecule is ClC1CCC2C3NC4NC(NC5NC(NC6NC(NC(N3)C2C1Br)C1CCCCC61)C1CCCCC51)C1CCCCC41.[Cu]. The van der Waals surface area contributed by atoms with E-state index in [-0.39, 0.29) is 28.6 Å². The van der Waals surface area contributed by atoms with Crippen molar-refractivity contribution >= 4 is 27.5 Å². The van der Waals surface area contributed by atoms with E-state index in [4.69, 9.17) is 11.6 Å². The summed E-state index contributed by atoms with van der Waals surface area (Å²) in [5.74, 6) is 5.27. The van der Waals surface area contributed by atoms with Gasteiger partial charge in [0, 0.05) is 33.2 Å². The molecule has 8 N–H and O–H groups in total. The average molecular weight is 730 g/mol. The summed E-state index contributed by atoms with van der Waals surface area (Å²) in [7, 11) is 0. The summed E-state index contributed by atoms with van der Waals surface area (Å²) in [5, 5.41) is 33.8. The van der Waals surface area contributed by atoms with E-state index in [9.17, 15) is 0 Å². The largest absolute Gasteiger partial charge is 0.286 e. The van der Waals surface area contributed by atoms with Crippen molar-refractivity contribution in [1.29, 1.82) is 0 Å². The summed E-state index contributed by atoms with van der Waals surface area (Å²) in [6, 6.07) is 0. The molecule has 0 amide bonds. The van der Waals surface area contributed by atoms with Crippen molar-refractivity contribution in [3.8, 4) is 0 Å². The quantitative estimate of drug-likeness (QED) is 0.143. The Hall–Kier alpha value is 0.969. The molecule has 0 aromatic carbocycles. The number of halogens is 2. The first-order valence-corrected chi connectivity index (χ1v) is 19.3. The molecule has 5 heterocycles. The van der Waals surface area contributed by atoms with E-state index < -0.39 is 0 Å². The zero-order chi connectivity index (χ0) is 27.9. The van der Waals surface area contributed by atoms with Crippen molar-refractivity contribution in [1.82, 2.24) is 42.5 Å². The van der Waals surface area contributed by atoms with Gasteiger partial charge in [-0.1, -0.05) is 54.5 Å². The fourth-order valence-corrected chi connectivity index (χ4v) is 13.2. The van der Waals surface area contributed by atoms with Gasteiger partial charge in [-0.15, -0.1) is 11.6 Å². The van der Waals surface area contributed by atoms with Crippen LogP contribution in [0.3, 0.4) is 0 Å². The molecule has 5 saturated heterocycles. The van der Waals surface area contributed by atoms with E-state index in [0.29, 0.717) is 83.5 Å². The van der Waals surface area contributed by atoms with Gasteiger partial charge >= 0.3 is 0 Å². The predicted molar refractivity (Wildman–Crippen MR) is 170 cm³/mol. The van der Waals surface area contributed by atoms with Crippen molar-refractivity contribution in [2.24, 2.45) is 47.3 Å². The van der Waals surface area contributed by atoms with Crippen LogP contribution in [0.2, 0.25) is 0 Å². The van der Waals surface area contributed by atoms with Crippen LogP contribution in [0.5, 0.6) is 0 Å². The van der Waals surface area contributed by atoms with Crippen LogP contribution in [0.25, 0.3) is 0 Å². The van der Waals surface area contributed by atoms with Gasteiger partial charge in [0.25, 0.3) is 0 Å². The third-order valence-corrected chi connectivity index (χ3v) is 15.9. The summed E-state index contributed by atoms with van der Waals surface area (Å²) in [4.78, 5) is 0.325. The van der Waals surface area contributed by atoms with E-state index in [1.54, 1.807) is 0 Å². The van der Waals surface area contributed by atoms with Crippen molar-refractivity contribution < 1.29 is 17.1 Å². The van der Waals surface area contributed by atoms with Gasteiger partial charge in [-0.05, 0) is 92.8 Å². The Labute approximate surface area is 282 Å². The minimum absolute atomic E-state index is 0. The molecule has 247 valence electrons. The Bertz CT molecular complexity index is 997. The van der Waals surface area contributed by atoms with Crippen molar-refractivity contribution in [3.05, 3.63) is 0 Å². The third-order valence-electron chi connectivity index (χ3n) is 13.9. The van der Waals surface area contributed by atoms with Crippen LogP contribution in [0, 0.1) is 47.3 Å². The minimum Gasteiger partial charge on any atom is -0.286 e. The Morgan fingerprint density at radius 3 is 0.977 bits per heavy atom. The molecule has 43 heavy (non-hydrogen) atoms. The van der Waals surface area contributed by atoms with Crippen LogP contribution in [-0.4, -0.2) is 59.5 Å². The van der Waals surface area contributed by atoms with E-state index in [2.05, 4.69) is 58.5 Å². The Morgan fingerprint density at radius 1 is 0.372 bits per heavy atom. The summed E-state index contributed by atoms with van der Waals surface area (Å²) in [6.07, 6.45) is 21.4. The van der Waals surface area contributed by atoms with Gasteiger partial charge in [-0.2, -0.15) is 0 Å². The summed E-state index contributed by atoms with van der Waals surface area (Å²) in [6.45, 7) is 0. The van der Waals surface area contributed by atoms with E-state index in [1.807, 2.05) is 0 Å². The van der Waals surface area contributed by atoms with Gasteiger partial charge in [-0.3, -0.25) is 42.5 Å². The molecule has 0 aromatic rings. The van der Waals surface area contributed by atoms with Crippen molar-refractivity contribution in [2.45, 2.75) is 149 Å². The number of nitrogens with one attached hydrogen (secondary N) is 8. The van der Waals surface area contributed by atoms with E-state index >= 15 is 0 Å². The fraction of sp³-hybridized carbons (Fsp3) is 1.00. The fourth-order valence-electron chi connectivity index (χ4n) is 11.9. The molecule has 8 bridgehead atoms. The molecule has 0 aromatic heterocycles. The molecule has 18 unspecified atom stereocenters. The summed E-state index contributed by atoms with van der Waals surface area (Å²) in [5.41, 5.74) is 0. The second kappa shape index (κ2) is 12.8. The first-order chi connectivity index (χ1) is 20.6. The molecule has 11 heteroatoms. The standard InChI is InChI=1S/C32H54BrClN8.Cu/c33-24-22(34)14-13-21-23(24)32-41-30-20-12-6-5-11-19(20)28(39-30)37-26-16-8-2-1-7-15(16)25(35-26)36-27-17-9-3-4-10-18(17)29(38-27)40-31(21)42-32;/h15-32,35-42H,1-14H2;. The van der Waals surface area contributed by atoms with Crippen molar-refractivity contribution in [2.75, 3.05) is 0 Å². The molecule has 5 aliphatic heterocycles. The van der Waals surface area contributed by atoms with E-state index in [1.165, 1.54) is 83.5 Å². The first kappa shape index (κ1) is 31.3. The molecule has 4 aliphatic carbocycles. The van der Waals surface area contributed by atoms with E-state index in [0.717, 1.165) is 18.3 Å². The molecule has 9 rings (SSSR count). The number of hydrogen-bond donors (Lipinski definition) is 8. The van der Waals surface area contributed by atoms with Crippen molar-refractivity contribution in [3.63, 3.8) is 0 Å². The van der Waals surface area contributed by atoms with Gasteiger partial charge in [0.1, 0.15) is 0 Å². The number of hydrogen-bond acceptors (Lipinski definition) is 8. The van der Waals surface area contributed by atoms with Gasteiger partial charge in [0.05, 0.1) is 49.3 Å². The van der Waals surface area contributed by atoms with Gasteiger partial charge in [0.2, 0.25) is 0 Å². The molecule has 1 radical (unpaired) electrons. The second-order valence-corrected chi connectivity index (χ2v) is 17.4. The number of fused-ring (bicyclic) bond motifs is 20. The predicted octanol–water partition coefficient (Wildman–Crippen LogP) is 3.19. The minimum atomic E-state index is 0. The Balaban J connectivity index is 0.00000278. The second-order valence-electron chi connectivity index (χ2n) is 15.8. The van der Waals surface area contributed by atoms with Crippen LogP contribution in [0.1, 0.15) is 89.9 Å².